The van der Waals surface area contributed by atoms with Crippen molar-refractivity contribution in [3.63, 3.8) is 0 Å². The molecule has 8 bridgehead atoms. The van der Waals surface area contributed by atoms with Crippen LogP contribution in [-0.2, 0) is 74.4 Å². The second-order valence-electron chi connectivity index (χ2n) is 16.3. The van der Waals surface area contributed by atoms with Gasteiger partial charge in [0.05, 0.1) is 25.7 Å². The van der Waals surface area contributed by atoms with Gasteiger partial charge in [0.15, 0.2) is 0 Å². The molecular formula is C42H46CoN4O16-2. The summed E-state index contributed by atoms with van der Waals surface area (Å²) < 4.78 is 0. The van der Waals surface area contributed by atoms with Gasteiger partial charge in [0.2, 0.25) is 0 Å². The number of carboxylic acid groups (broad SMARTS) is 8. The Kier molecular flexibility index (Phi) is 15.5. The molecule has 1 fully saturated rings. The fraction of sp³-hybridized carbons (Fsp3) is 0.476. The van der Waals surface area contributed by atoms with Crippen LogP contribution in [0.1, 0.15) is 101 Å². The third-order valence-corrected chi connectivity index (χ3v) is 12.0. The van der Waals surface area contributed by atoms with Gasteiger partial charge >= 0.3 is 47.8 Å². The molecule has 63 heavy (non-hydrogen) atoms. The smallest absolute Gasteiger partial charge is 0.307 e. The number of carbonyl (C=O) groups is 8. The Bertz CT molecular complexity index is 2320. The maximum Gasteiger partial charge on any atom is 0.307 e. The largest absolute Gasteiger partial charge is 0.664 e. The van der Waals surface area contributed by atoms with E-state index in [0.717, 1.165) is 0 Å². The van der Waals surface area contributed by atoms with Crippen LogP contribution in [0.5, 0.6) is 0 Å². The zero-order chi connectivity index (χ0) is 45.8. The van der Waals surface area contributed by atoms with Crippen LogP contribution < -0.4 is 4.98 Å². The number of aliphatic imine (C=N–C) groups is 2. The number of hydrogen-bond donors (Lipinski definition) is 8. The van der Waals surface area contributed by atoms with Crippen molar-refractivity contribution in [3.8, 4) is 0 Å². The fourth-order valence-electron chi connectivity index (χ4n) is 9.15. The molecular weight excluding hydrogens is 875 g/mol. The van der Waals surface area contributed by atoms with E-state index >= 15 is 0 Å². The SMILES string of the molecule is C[C@@]1(CC(=O)O)C2=Cc3[n-]c(c(CCC(=O)O)c3CC(=O)O)CC3=C(CCC(=O)O)C(CC(=O)O)C(=N3)C=C3[N-]C(=CC(=N2)[C@H]1CCC(=O)O)[C@@](C)(CC(=O)O)[C@@H]3CCC(=O)O.[Co]. The summed E-state index contributed by atoms with van der Waals surface area (Å²) in [4.78, 5) is 112. The van der Waals surface area contributed by atoms with E-state index in [-0.39, 0.29) is 111 Å². The van der Waals surface area contributed by atoms with Gasteiger partial charge in [-0.2, -0.15) is 11.4 Å². The van der Waals surface area contributed by atoms with E-state index in [2.05, 4.69) is 0 Å². The van der Waals surface area contributed by atoms with Crippen molar-refractivity contribution in [1.29, 1.82) is 0 Å². The molecule has 1 aromatic rings. The average molecular weight is 922 g/mol. The third kappa shape index (κ3) is 11.2. The normalized spacial score (nSPS) is 23.6. The number of aliphatic carboxylic acids is 8. The number of fused-ring (bicyclic) bond motifs is 6. The number of allylic oxidation sites excluding steroid dienone is 7. The number of rotatable bonds is 20. The molecule has 1 saturated heterocycles. The Balaban J connectivity index is 0.00000871. The van der Waals surface area contributed by atoms with Crippen LogP contribution in [0.25, 0.3) is 11.4 Å². The van der Waals surface area contributed by atoms with Gasteiger partial charge in [-0.25, -0.2) is 0 Å². The Labute approximate surface area is 369 Å². The van der Waals surface area contributed by atoms with Crippen LogP contribution in [0.2, 0.25) is 0 Å². The van der Waals surface area contributed by atoms with Crippen molar-refractivity contribution in [1.82, 2.24) is 4.98 Å². The van der Waals surface area contributed by atoms with Crippen LogP contribution in [0.4, 0.5) is 0 Å². The monoisotopic (exact) mass is 921 g/mol. The van der Waals surface area contributed by atoms with E-state index in [0.29, 0.717) is 0 Å². The standard InChI is InChI=1S/C42H47N4O16.Co/c1-41(17-39(59)60)23(5-9-35(51)52)29-14-27-21(11-37(55)56)19(3-7-33(47)48)25(43-27)13-26-20(4-8-34(49)50)22(12-38(57)58)28(44-26)15-31-42(2,18-40(61)62)24(6-10-36(53)54)30(46-31)16-32(41)45-29;/h14-16,21,23-24H,3-13,17-18H2,1-2H3,(H9,43,45,46,47,48,49,50,51,52,53,54,55,56,57,58,59,60,61,62);/q-1;/p-1/t21?,23-,24-,41+,42+;/m1./s1. The molecule has 4 aliphatic rings. The van der Waals surface area contributed by atoms with E-state index in [1.165, 1.54) is 25.2 Å². The Morgan fingerprint density at radius 1 is 0.635 bits per heavy atom. The van der Waals surface area contributed by atoms with Crippen molar-refractivity contribution in [2.75, 3.05) is 0 Å². The summed E-state index contributed by atoms with van der Waals surface area (Å²) in [5.74, 6) is -13.1. The van der Waals surface area contributed by atoms with Crippen LogP contribution >= 0.6 is 0 Å². The van der Waals surface area contributed by atoms with Crippen LogP contribution in [0.15, 0.2) is 50.5 Å². The van der Waals surface area contributed by atoms with Crippen LogP contribution in [0.3, 0.4) is 0 Å². The molecule has 5 rings (SSSR count). The van der Waals surface area contributed by atoms with Gasteiger partial charge in [-0.05, 0) is 54.6 Å². The minimum absolute atomic E-state index is 0. The van der Waals surface area contributed by atoms with Gasteiger partial charge in [-0.1, -0.05) is 37.6 Å². The first-order valence-corrected chi connectivity index (χ1v) is 19.7. The van der Waals surface area contributed by atoms with E-state index in [9.17, 15) is 79.2 Å². The first-order valence-electron chi connectivity index (χ1n) is 19.7. The third-order valence-electron chi connectivity index (χ3n) is 12.0. The average Bonchev–Trinajstić information content (AvgIpc) is 3.77. The van der Waals surface area contributed by atoms with Crippen LogP contribution in [0, 0.1) is 28.6 Å². The summed E-state index contributed by atoms with van der Waals surface area (Å²) in [7, 11) is 0. The molecule has 8 N–H and O–H groups in total. The summed E-state index contributed by atoms with van der Waals surface area (Å²) in [6.07, 6.45) is -1.20. The molecule has 0 amide bonds. The molecule has 1 aromatic heterocycles. The molecule has 4 aliphatic heterocycles. The molecule has 21 heteroatoms. The molecule has 0 saturated carbocycles. The second kappa shape index (κ2) is 19.8. The van der Waals surface area contributed by atoms with Crippen molar-refractivity contribution >= 4 is 65.3 Å². The predicted octanol–water partition coefficient (Wildman–Crippen LogP) is 4.38. The fourth-order valence-corrected chi connectivity index (χ4v) is 9.15. The number of carboxylic acids is 8. The summed E-state index contributed by atoms with van der Waals surface area (Å²) >= 11 is 0. The van der Waals surface area contributed by atoms with Crippen molar-refractivity contribution in [2.24, 2.45) is 38.6 Å². The Morgan fingerprint density at radius 3 is 1.76 bits per heavy atom. The van der Waals surface area contributed by atoms with E-state index in [1.807, 2.05) is 0 Å². The topological polar surface area (TPSA) is 351 Å². The molecule has 1 radical (unpaired) electrons. The van der Waals surface area contributed by atoms with E-state index in [4.69, 9.17) is 20.3 Å². The minimum Gasteiger partial charge on any atom is -0.664 e. The first-order chi connectivity index (χ1) is 29.0. The number of aromatic nitrogens is 1. The van der Waals surface area contributed by atoms with Gasteiger partial charge in [0.1, 0.15) is 0 Å². The molecule has 1 unspecified atom stereocenters. The molecule has 20 nitrogen and oxygen atoms in total. The Hall–Kier alpha value is -6.35. The number of nitrogens with zero attached hydrogens (tertiary/aromatic N) is 4. The summed E-state index contributed by atoms with van der Waals surface area (Å²) in [6, 6.07) is 0. The van der Waals surface area contributed by atoms with Crippen molar-refractivity contribution < 1.29 is 96.0 Å². The van der Waals surface area contributed by atoms with Crippen molar-refractivity contribution in [2.45, 2.75) is 97.3 Å². The minimum atomic E-state index is -1.51. The van der Waals surface area contributed by atoms with Gasteiger partial charge in [0.25, 0.3) is 0 Å². The maximum absolute atomic E-state index is 12.6. The summed E-state index contributed by atoms with van der Waals surface area (Å²) in [5, 5.41) is 84.5. The zero-order valence-electron chi connectivity index (χ0n) is 34.1. The molecule has 5 atom stereocenters. The predicted molar refractivity (Wildman–Crippen MR) is 214 cm³/mol. The Morgan fingerprint density at radius 2 is 1.21 bits per heavy atom. The van der Waals surface area contributed by atoms with E-state index < -0.39 is 128 Å². The maximum atomic E-state index is 12.6. The molecule has 5 heterocycles. The van der Waals surface area contributed by atoms with Gasteiger partial charge < -0.3 is 51.2 Å². The van der Waals surface area contributed by atoms with Crippen LogP contribution in [-0.4, -0.2) is 100 Å². The summed E-state index contributed by atoms with van der Waals surface area (Å²) in [5.41, 5.74) is -1.80. The van der Waals surface area contributed by atoms with Gasteiger partial charge in [-0.3, -0.25) is 48.3 Å². The number of hydrogen-bond acceptors (Lipinski definition) is 10. The molecule has 0 aromatic carbocycles. The molecule has 0 aliphatic carbocycles. The summed E-state index contributed by atoms with van der Waals surface area (Å²) in [6.45, 7) is 3.08. The zero-order valence-corrected chi connectivity index (χ0v) is 35.2. The van der Waals surface area contributed by atoms with E-state index in [1.54, 1.807) is 6.92 Å². The van der Waals surface area contributed by atoms with Gasteiger partial charge in [-0.15, -0.1) is 11.4 Å². The quantitative estimate of drug-likeness (QED) is 0.0899. The molecule has 341 valence electrons. The second-order valence-corrected chi connectivity index (χ2v) is 16.3. The van der Waals surface area contributed by atoms with Gasteiger partial charge in [0, 0.05) is 82.5 Å². The van der Waals surface area contributed by atoms with Crippen molar-refractivity contribution in [3.05, 3.63) is 68.3 Å². The first kappa shape index (κ1) is 49.3. The molecule has 0 spiro atoms.